The van der Waals surface area contributed by atoms with Crippen molar-refractivity contribution < 1.29 is 5.11 Å². The normalized spacial score (nSPS) is 51.5. The minimum Gasteiger partial charge on any atom is -0.392 e. The van der Waals surface area contributed by atoms with Gasteiger partial charge in [-0.15, -0.1) is 0 Å². The molecule has 4 fully saturated rings. The maximum Gasteiger partial charge on any atom is 0.0622 e. The van der Waals surface area contributed by atoms with Crippen molar-refractivity contribution in [2.75, 3.05) is 0 Å². The molecule has 0 aromatic carbocycles. The first-order valence-corrected chi connectivity index (χ1v) is 7.64. The predicted molar refractivity (Wildman–Crippen MR) is 70.7 cm³/mol. The molecule has 4 aliphatic carbocycles. The van der Waals surface area contributed by atoms with Gasteiger partial charge >= 0.3 is 0 Å². The Morgan fingerprint density at radius 3 is 2.24 bits per heavy atom. The summed E-state index contributed by atoms with van der Waals surface area (Å²) in [5.41, 5.74) is 0.868. The van der Waals surface area contributed by atoms with E-state index >= 15 is 0 Å². The Morgan fingerprint density at radius 1 is 1.18 bits per heavy atom. The van der Waals surface area contributed by atoms with Gasteiger partial charge in [0.1, 0.15) is 0 Å². The van der Waals surface area contributed by atoms with E-state index < -0.39 is 0 Å². The molecule has 4 bridgehead atoms. The highest BCUT2D eigenvalue weighted by Gasteiger charge is 2.58. The second kappa shape index (κ2) is 3.73. The standard InChI is InChI=1S/C16H28O/c1-4-11(2)14(17)16-8-12-5-13(9-16)7-15(3,6-12)10-16/h11-14,17H,4-10H2,1-3H3. The third kappa shape index (κ3) is 1.77. The number of hydrogen-bond donors (Lipinski definition) is 1. The summed E-state index contributed by atoms with van der Waals surface area (Å²) in [7, 11) is 0. The molecule has 0 amide bonds. The van der Waals surface area contributed by atoms with Crippen molar-refractivity contribution in [3.8, 4) is 0 Å². The first kappa shape index (κ1) is 12.0. The van der Waals surface area contributed by atoms with Gasteiger partial charge in [0.15, 0.2) is 0 Å². The van der Waals surface area contributed by atoms with Crippen LogP contribution in [0.3, 0.4) is 0 Å². The highest BCUT2D eigenvalue weighted by Crippen LogP contribution is 2.66. The van der Waals surface area contributed by atoms with Crippen molar-refractivity contribution >= 4 is 0 Å². The van der Waals surface area contributed by atoms with Crippen LogP contribution in [0, 0.1) is 28.6 Å². The molecule has 4 rings (SSSR count). The zero-order chi connectivity index (χ0) is 12.3. The van der Waals surface area contributed by atoms with E-state index in [-0.39, 0.29) is 6.10 Å². The van der Waals surface area contributed by atoms with Crippen LogP contribution in [-0.4, -0.2) is 11.2 Å². The molecule has 4 atom stereocenters. The van der Waals surface area contributed by atoms with Crippen LogP contribution < -0.4 is 0 Å². The Kier molecular flexibility index (Phi) is 2.63. The summed E-state index contributed by atoms with van der Waals surface area (Å²) in [6.45, 7) is 6.95. The Balaban J connectivity index is 1.88. The summed E-state index contributed by atoms with van der Waals surface area (Å²) in [6, 6.07) is 0. The summed E-state index contributed by atoms with van der Waals surface area (Å²) in [4.78, 5) is 0. The molecule has 0 aliphatic heterocycles. The van der Waals surface area contributed by atoms with Crippen LogP contribution in [0.15, 0.2) is 0 Å². The van der Waals surface area contributed by atoms with Crippen LogP contribution in [0.1, 0.15) is 65.7 Å². The van der Waals surface area contributed by atoms with Crippen LogP contribution >= 0.6 is 0 Å². The molecule has 0 aromatic heterocycles. The van der Waals surface area contributed by atoms with E-state index in [4.69, 9.17) is 0 Å². The average Bonchev–Trinajstić information content (AvgIpc) is 2.23. The van der Waals surface area contributed by atoms with Gasteiger partial charge in [-0.25, -0.2) is 0 Å². The van der Waals surface area contributed by atoms with E-state index in [1.165, 1.54) is 38.5 Å². The molecular formula is C16H28O. The van der Waals surface area contributed by atoms with E-state index in [9.17, 15) is 5.11 Å². The van der Waals surface area contributed by atoms with Crippen molar-refractivity contribution in [3.63, 3.8) is 0 Å². The van der Waals surface area contributed by atoms with E-state index in [0.29, 0.717) is 16.7 Å². The Bertz CT molecular complexity index is 295. The van der Waals surface area contributed by atoms with Gasteiger partial charge in [-0.1, -0.05) is 27.2 Å². The van der Waals surface area contributed by atoms with Crippen molar-refractivity contribution in [1.29, 1.82) is 0 Å². The van der Waals surface area contributed by atoms with Gasteiger partial charge in [0.2, 0.25) is 0 Å². The SMILES string of the molecule is CCC(C)C(O)C12CC3CC(CC(C)(C3)C1)C2. The Hall–Kier alpha value is -0.0400. The lowest BCUT2D eigenvalue weighted by atomic mass is 9.43. The van der Waals surface area contributed by atoms with Crippen molar-refractivity contribution in [3.05, 3.63) is 0 Å². The molecule has 1 heteroatoms. The first-order chi connectivity index (χ1) is 7.96. The number of rotatable bonds is 3. The third-order valence-corrected chi connectivity index (χ3v) is 6.21. The summed E-state index contributed by atoms with van der Waals surface area (Å²) < 4.78 is 0. The number of aliphatic hydroxyl groups excluding tert-OH is 1. The molecular weight excluding hydrogens is 208 g/mol. The van der Waals surface area contributed by atoms with Gasteiger partial charge in [-0.3, -0.25) is 0 Å². The number of hydrogen-bond acceptors (Lipinski definition) is 1. The van der Waals surface area contributed by atoms with Crippen LogP contribution in [0.2, 0.25) is 0 Å². The fraction of sp³-hybridized carbons (Fsp3) is 1.00. The number of aliphatic hydroxyl groups is 1. The highest BCUT2D eigenvalue weighted by molar-refractivity contribution is 5.08. The van der Waals surface area contributed by atoms with Gasteiger partial charge in [0.05, 0.1) is 6.10 Å². The van der Waals surface area contributed by atoms with E-state index in [1.807, 2.05) is 0 Å². The van der Waals surface area contributed by atoms with E-state index in [2.05, 4.69) is 20.8 Å². The summed E-state index contributed by atoms with van der Waals surface area (Å²) >= 11 is 0. The van der Waals surface area contributed by atoms with Crippen LogP contribution in [0.4, 0.5) is 0 Å². The Labute approximate surface area is 106 Å². The second-order valence-corrected chi connectivity index (χ2v) is 7.96. The van der Waals surface area contributed by atoms with Gasteiger partial charge in [0, 0.05) is 0 Å². The van der Waals surface area contributed by atoms with Gasteiger partial charge < -0.3 is 5.11 Å². The summed E-state index contributed by atoms with van der Waals surface area (Å²) in [6.07, 6.45) is 9.38. The fourth-order valence-electron chi connectivity index (χ4n) is 5.97. The van der Waals surface area contributed by atoms with E-state index in [0.717, 1.165) is 18.3 Å². The smallest absolute Gasteiger partial charge is 0.0622 e. The van der Waals surface area contributed by atoms with Gasteiger partial charge in [0.25, 0.3) is 0 Å². The largest absolute Gasteiger partial charge is 0.392 e. The topological polar surface area (TPSA) is 20.2 Å². The molecule has 98 valence electrons. The first-order valence-electron chi connectivity index (χ1n) is 7.64. The molecule has 17 heavy (non-hydrogen) atoms. The lowest BCUT2D eigenvalue weighted by Gasteiger charge is -2.63. The molecule has 0 heterocycles. The summed E-state index contributed by atoms with van der Waals surface area (Å²) in [5, 5.41) is 10.8. The minimum atomic E-state index is -0.0438. The molecule has 1 N–H and O–H groups in total. The van der Waals surface area contributed by atoms with Gasteiger partial charge in [-0.05, 0) is 67.1 Å². The summed E-state index contributed by atoms with van der Waals surface area (Å²) in [5.74, 6) is 2.34. The molecule has 0 aromatic rings. The monoisotopic (exact) mass is 236 g/mol. The molecule has 0 spiro atoms. The minimum absolute atomic E-state index is 0.0438. The zero-order valence-corrected chi connectivity index (χ0v) is 11.7. The van der Waals surface area contributed by atoms with Crippen molar-refractivity contribution in [2.24, 2.45) is 28.6 Å². The lowest BCUT2D eigenvalue weighted by molar-refractivity contribution is -0.165. The zero-order valence-electron chi connectivity index (χ0n) is 11.7. The average molecular weight is 236 g/mol. The molecule has 4 unspecified atom stereocenters. The molecule has 1 nitrogen and oxygen atoms in total. The van der Waals surface area contributed by atoms with Crippen molar-refractivity contribution in [1.82, 2.24) is 0 Å². The lowest BCUT2D eigenvalue weighted by Crippen LogP contribution is -2.56. The Morgan fingerprint density at radius 2 is 1.76 bits per heavy atom. The maximum absolute atomic E-state index is 10.8. The molecule has 4 saturated carbocycles. The maximum atomic E-state index is 10.8. The quantitative estimate of drug-likeness (QED) is 0.785. The third-order valence-electron chi connectivity index (χ3n) is 6.21. The fourth-order valence-corrected chi connectivity index (χ4v) is 5.97. The van der Waals surface area contributed by atoms with Crippen LogP contribution in [0.25, 0.3) is 0 Å². The molecule has 0 saturated heterocycles. The van der Waals surface area contributed by atoms with Crippen molar-refractivity contribution in [2.45, 2.75) is 71.8 Å². The molecule has 4 aliphatic rings. The van der Waals surface area contributed by atoms with E-state index in [1.54, 1.807) is 0 Å². The van der Waals surface area contributed by atoms with Gasteiger partial charge in [-0.2, -0.15) is 0 Å². The van der Waals surface area contributed by atoms with Crippen LogP contribution in [0.5, 0.6) is 0 Å². The van der Waals surface area contributed by atoms with Crippen LogP contribution in [-0.2, 0) is 0 Å². The predicted octanol–water partition coefficient (Wildman–Crippen LogP) is 4.00. The molecule has 0 radical (unpaired) electrons. The highest BCUT2D eigenvalue weighted by atomic mass is 16.3. The second-order valence-electron chi connectivity index (χ2n) is 7.96.